The van der Waals surface area contributed by atoms with E-state index < -0.39 is 11.6 Å². The molecular weight excluding hydrogens is 290 g/mol. The number of hydrogen-bond donors (Lipinski definition) is 1. The quantitative estimate of drug-likeness (QED) is 0.948. The lowest BCUT2D eigenvalue weighted by atomic mass is 9.86. The van der Waals surface area contributed by atoms with Crippen molar-refractivity contribution in [2.24, 2.45) is 0 Å². The van der Waals surface area contributed by atoms with Gasteiger partial charge >= 0.3 is 0 Å². The van der Waals surface area contributed by atoms with Crippen molar-refractivity contribution < 1.29 is 13.3 Å². The summed E-state index contributed by atoms with van der Waals surface area (Å²) in [4.78, 5) is 13.4. The fraction of sp³-hybridized carbons (Fsp3) is 0.438. The molecule has 0 bridgehead atoms. The fourth-order valence-electron chi connectivity index (χ4n) is 3.11. The Labute approximate surface area is 126 Å². The van der Waals surface area contributed by atoms with Crippen LogP contribution in [0.2, 0.25) is 0 Å². The lowest BCUT2D eigenvalue weighted by Crippen LogP contribution is -2.40. The first-order valence-corrected chi connectivity index (χ1v) is 7.35. The third-order valence-corrected chi connectivity index (χ3v) is 4.43. The molecule has 1 fully saturated rings. The number of benzene rings is 1. The molecule has 2 aromatic rings. The first-order valence-electron chi connectivity index (χ1n) is 7.35. The molecule has 0 radical (unpaired) electrons. The summed E-state index contributed by atoms with van der Waals surface area (Å²) in [6, 6.07) is 5.30. The molecule has 118 valence electrons. The van der Waals surface area contributed by atoms with Crippen LogP contribution in [0.4, 0.5) is 8.78 Å². The van der Waals surface area contributed by atoms with E-state index in [1.807, 2.05) is 7.05 Å². The Bertz CT molecular complexity index is 710. The van der Waals surface area contributed by atoms with Crippen LogP contribution in [0, 0.1) is 11.6 Å². The zero-order chi connectivity index (χ0) is 15.7. The van der Waals surface area contributed by atoms with Gasteiger partial charge in [0.05, 0.1) is 0 Å². The second kappa shape index (κ2) is 6.04. The molecule has 2 heterocycles. The minimum atomic E-state index is -0.565. The largest absolute Gasteiger partial charge is 0.383 e. The average Bonchev–Trinajstić information content (AvgIpc) is 2.90. The monoisotopic (exact) mass is 308 g/mol. The van der Waals surface area contributed by atoms with Gasteiger partial charge in [-0.15, -0.1) is 0 Å². The normalized spacial score (nSPS) is 22.9. The topological polar surface area (TPSA) is 49.2 Å². The van der Waals surface area contributed by atoms with Crippen LogP contribution < -0.4 is 5.56 Å². The van der Waals surface area contributed by atoms with Gasteiger partial charge in [0.2, 0.25) is 0 Å². The first-order chi connectivity index (χ1) is 10.5. The maximum absolute atomic E-state index is 13.8. The summed E-state index contributed by atoms with van der Waals surface area (Å²) in [5.41, 5.74) is 0.268. The van der Waals surface area contributed by atoms with E-state index in [1.165, 1.54) is 18.2 Å². The van der Waals surface area contributed by atoms with E-state index in [0.29, 0.717) is 17.7 Å². The zero-order valence-electron chi connectivity index (χ0n) is 12.3. The second-order valence-electron chi connectivity index (χ2n) is 5.91. The molecule has 0 saturated carbocycles. The number of nitrogens with one attached hydrogen (secondary N) is 1. The molecule has 22 heavy (non-hydrogen) atoms. The van der Waals surface area contributed by atoms with Crippen molar-refractivity contribution in [3.05, 3.63) is 57.6 Å². The highest BCUT2D eigenvalue weighted by Gasteiger charge is 2.29. The van der Waals surface area contributed by atoms with E-state index in [-0.39, 0.29) is 17.5 Å². The van der Waals surface area contributed by atoms with Crippen molar-refractivity contribution in [3.8, 4) is 0 Å². The lowest BCUT2D eigenvalue weighted by Gasteiger charge is -2.36. The smallest absolute Gasteiger partial charge is 0.280 e. The van der Waals surface area contributed by atoms with E-state index in [2.05, 4.69) is 10.1 Å². The molecule has 0 unspecified atom stereocenters. The molecule has 1 aromatic heterocycles. The average molecular weight is 308 g/mol. The van der Waals surface area contributed by atoms with E-state index >= 15 is 0 Å². The van der Waals surface area contributed by atoms with E-state index in [9.17, 15) is 13.6 Å². The van der Waals surface area contributed by atoms with Crippen molar-refractivity contribution in [2.75, 3.05) is 13.6 Å². The summed E-state index contributed by atoms with van der Waals surface area (Å²) in [6.45, 7) is 0.840. The van der Waals surface area contributed by atoms with Crippen LogP contribution in [0.1, 0.15) is 30.1 Å². The number of aromatic amines is 1. The molecule has 1 aromatic carbocycles. The molecule has 1 saturated heterocycles. The number of likely N-dealkylation sites (N-methyl/N-ethyl adjacent to an activating group) is 1. The Morgan fingerprint density at radius 3 is 2.86 bits per heavy atom. The van der Waals surface area contributed by atoms with Gasteiger partial charge < -0.3 is 9.42 Å². The number of halogens is 2. The van der Waals surface area contributed by atoms with Crippen LogP contribution in [0.15, 0.2) is 33.6 Å². The van der Waals surface area contributed by atoms with Crippen LogP contribution in [0.3, 0.4) is 0 Å². The number of nitrogens with zero attached hydrogens (tertiary/aromatic N) is 1. The van der Waals surface area contributed by atoms with Crippen LogP contribution in [0.25, 0.3) is 0 Å². The Morgan fingerprint density at radius 1 is 1.36 bits per heavy atom. The highest BCUT2D eigenvalue weighted by molar-refractivity contribution is 5.20. The molecule has 0 amide bonds. The van der Waals surface area contributed by atoms with E-state index in [0.717, 1.165) is 25.5 Å². The summed E-state index contributed by atoms with van der Waals surface area (Å²) in [5.74, 6) is -0.278. The minimum Gasteiger partial charge on any atom is -0.383 e. The molecule has 1 N–H and O–H groups in total. The molecular formula is C16H18F2N2O2. The van der Waals surface area contributed by atoms with Crippen LogP contribution >= 0.6 is 0 Å². The van der Waals surface area contributed by atoms with Crippen molar-refractivity contribution in [2.45, 2.75) is 31.2 Å². The zero-order valence-corrected chi connectivity index (χ0v) is 12.3. The van der Waals surface area contributed by atoms with Crippen LogP contribution in [0.5, 0.6) is 0 Å². The van der Waals surface area contributed by atoms with E-state index in [4.69, 9.17) is 4.52 Å². The predicted octanol–water partition coefficient (Wildman–Crippen LogP) is 2.67. The highest BCUT2D eigenvalue weighted by atomic mass is 19.1. The Kier molecular flexibility index (Phi) is 4.11. The standard InChI is InChI=1S/C16H18F2N2O2/c1-20-5-4-11(15-9-16(21)19-22-15)7-13(20)6-10-2-3-12(17)8-14(10)18/h2-3,8-9,11,13H,4-7H2,1H3,(H,19,21)/t11-,13-/m1/s1. The molecule has 1 aliphatic heterocycles. The highest BCUT2D eigenvalue weighted by Crippen LogP contribution is 2.32. The molecule has 6 heteroatoms. The SMILES string of the molecule is CN1CC[C@@H](c2cc(=O)[nH]o2)C[C@H]1Cc1ccc(F)cc1F. The predicted molar refractivity (Wildman–Crippen MR) is 77.8 cm³/mol. The Balaban J connectivity index is 1.75. The van der Waals surface area contributed by atoms with Gasteiger partial charge in [-0.25, -0.2) is 8.78 Å². The third kappa shape index (κ3) is 3.11. The summed E-state index contributed by atoms with van der Waals surface area (Å²) in [5, 5.41) is 2.31. The maximum atomic E-state index is 13.8. The second-order valence-corrected chi connectivity index (χ2v) is 5.91. The molecule has 4 nitrogen and oxygen atoms in total. The van der Waals surface area contributed by atoms with Gasteiger partial charge in [-0.05, 0) is 44.5 Å². The van der Waals surface area contributed by atoms with Gasteiger partial charge in [0.25, 0.3) is 5.56 Å². The summed E-state index contributed by atoms with van der Waals surface area (Å²) in [6.07, 6.45) is 2.17. The first kappa shape index (κ1) is 15.0. The summed E-state index contributed by atoms with van der Waals surface area (Å²) >= 11 is 0. The molecule has 0 spiro atoms. The van der Waals surface area contributed by atoms with Gasteiger partial charge in [-0.2, -0.15) is 5.16 Å². The molecule has 2 atom stereocenters. The number of aromatic nitrogens is 1. The van der Waals surface area contributed by atoms with E-state index in [1.54, 1.807) is 0 Å². The van der Waals surface area contributed by atoms with Gasteiger partial charge in [-0.1, -0.05) is 6.07 Å². The van der Waals surface area contributed by atoms with Crippen molar-refractivity contribution in [3.63, 3.8) is 0 Å². The third-order valence-electron chi connectivity index (χ3n) is 4.43. The van der Waals surface area contributed by atoms with Gasteiger partial charge in [0.1, 0.15) is 17.4 Å². The number of rotatable bonds is 3. The fourth-order valence-corrected chi connectivity index (χ4v) is 3.11. The minimum absolute atomic E-state index is 0.124. The molecule has 3 rings (SSSR count). The number of H-pyrrole nitrogens is 1. The Hall–Kier alpha value is -1.95. The van der Waals surface area contributed by atoms with Crippen LogP contribution in [-0.4, -0.2) is 29.7 Å². The van der Waals surface area contributed by atoms with Gasteiger partial charge in [-0.3, -0.25) is 4.79 Å². The summed E-state index contributed by atoms with van der Waals surface area (Å²) in [7, 11) is 2.00. The summed E-state index contributed by atoms with van der Waals surface area (Å²) < 4.78 is 32.0. The van der Waals surface area contributed by atoms with Crippen molar-refractivity contribution in [1.82, 2.24) is 10.1 Å². The van der Waals surface area contributed by atoms with Gasteiger partial charge in [0.15, 0.2) is 0 Å². The van der Waals surface area contributed by atoms with Crippen molar-refractivity contribution >= 4 is 0 Å². The Morgan fingerprint density at radius 2 is 2.18 bits per heavy atom. The van der Waals surface area contributed by atoms with Crippen molar-refractivity contribution in [1.29, 1.82) is 0 Å². The van der Waals surface area contributed by atoms with Gasteiger partial charge in [0, 0.05) is 24.1 Å². The number of piperidine rings is 1. The number of likely N-dealkylation sites (tertiary alicyclic amines) is 1. The maximum Gasteiger partial charge on any atom is 0.280 e. The molecule has 0 aliphatic carbocycles. The van der Waals surface area contributed by atoms with Crippen LogP contribution in [-0.2, 0) is 6.42 Å². The lowest BCUT2D eigenvalue weighted by molar-refractivity contribution is 0.155. The molecule has 1 aliphatic rings. The number of hydrogen-bond acceptors (Lipinski definition) is 3.